The number of hydrogen-bond donors (Lipinski definition) is 1. The van der Waals surface area contributed by atoms with Gasteiger partial charge in [-0.1, -0.05) is 18.9 Å². The van der Waals surface area contributed by atoms with Crippen LogP contribution in [0.15, 0.2) is 12.7 Å². The van der Waals surface area contributed by atoms with Gasteiger partial charge in [0.2, 0.25) is 0 Å². The van der Waals surface area contributed by atoms with Crippen LogP contribution in [-0.4, -0.2) is 19.3 Å². The first-order valence-electron chi connectivity index (χ1n) is 6.25. The summed E-state index contributed by atoms with van der Waals surface area (Å²) >= 11 is 0. The van der Waals surface area contributed by atoms with Gasteiger partial charge in [-0.05, 0) is 39.0 Å². The minimum absolute atomic E-state index is 0.370. The van der Waals surface area contributed by atoms with E-state index in [-0.39, 0.29) is 0 Å². The third-order valence-electron chi connectivity index (χ3n) is 2.55. The molecule has 0 saturated carbocycles. The molecule has 0 aliphatic carbocycles. The minimum atomic E-state index is 0.370. The van der Waals surface area contributed by atoms with Gasteiger partial charge >= 0.3 is 0 Å². The highest BCUT2D eigenvalue weighted by molar-refractivity contribution is 4.66. The van der Waals surface area contributed by atoms with Gasteiger partial charge in [0.25, 0.3) is 0 Å². The first kappa shape index (κ1) is 14.7. The molecule has 1 unspecified atom stereocenters. The molecule has 15 heavy (non-hydrogen) atoms. The maximum absolute atomic E-state index is 5.99. The number of rotatable bonds is 11. The van der Waals surface area contributed by atoms with Gasteiger partial charge in [0, 0.05) is 19.3 Å². The second-order valence-electron chi connectivity index (χ2n) is 4.03. The van der Waals surface area contributed by atoms with E-state index >= 15 is 0 Å². The molecule has 0 heterocycles. The van der Waals surface area contributed by atoms with Crippen LogP contribution >= 0.6 is 0 Å². The SMILES string of the molecule is C=CCCCCCC(N)CCCOCC. The molecular formula is C13H27NO. The molecule has 0 amide bonds. The average Bonchev–Trinajstić information content (AvgIpc) is 2.24. The van der Waals surface area contributed by atoms with Crippen LogP contribution in [-0.2, 0) is 4.74 Å². The highest BCUT2D eigenvalue weighted by Crippen LogP contribution is 2.08. The molecular weight excluding hydrogens is 186 g/mol. The fraction of sp³-hybridized carbons (Fsp3) is 0.846. The van der Waals surface area contributed by atoms with E-state index in [0.29, 0.717) is 6.04 Å². The zero-order chi connectivity index (χ0) is 11.4. The first-order chi connectivity index (χ1) is 7.31. The van der Waals surface area contributed by atoms with Crippen molar-refractivity contribution >= 4 is 0 Å². The third kappa shape index (κ3) is 11.6. The second kappa shape index (κ2) is 11.7. The van der Waals surface area contributed by atoms with Crippen LogP contribution < -0.4 is 5.73 Å². The molecule has 0 aliphatic rings. The second-order valence-corrected chi connectivity index (χ2v) is 4.03. The lowest BCUT2D eigenvalue weighted by Gasteiger charge is -2.10. The summed E-state index contributed by atoms with van der Waals surface area (Å²) in [5.74, 6) is 0. The van der Waals surface area contributed by atoms with E-state index < -0.39 is 0 Å². The summed E-state index contributed by atoms with van der Waals surface area (Å²) in [4.78, 5) is 0. The van der Waals surface area contributed by atoms with E-state index in [0.717, 1.165) is 38.9 Å². The van der Waals surface area contributed by atoms with Crippen molar-refractivity contribution in [3.05, 3.63) is 12.7 Å². The maximum atomic E-state index is 5.99. The lowest BCUT2D eigenvalue weighted by atomic mass is 10.0. The molecule has 2 N–H and O–H groups in total. The Morgan fingerprint density at radius 1 is 1.20 bits per heavy atom. The van der Waals surface area contributed by atoms with Crippen molar-refractivity contribution in [3.63, 3.8) is 0 Å². The zero-order valence-electron chi connectivity index (χ0n) is 10.2. The predicted octanol–water partition coefficient (Wildman–Crippen LogP) is 3.27. The van der Waals surface area contributed by atoms with Crippen LogP contribution in [0.25, 0.3) is 0 Å². The Balaban J connectivity index is 3.11. The Morgan fingerprint density at radius 2 is 1.93 bits per heavy atom. The minimum Gasteiger partial charge on any atom is -0.382 e. The molecule has 2 nitrogen and oxygen atoms in total. The molecule has 0 aromatic rings. The van der Waals surface area contributed by atoms with Crippen molar-refractivity contribution in [2.75, 3.05) is 13.2 Å². The summed E-state index contributed by atoms with van der Waals surface area (Å²) in [7, 11) is 0. The largest absolute Gasteiger partial charge is 0.382 e. The van der Waals surface area contributed by atoms with Crippen LogP contribution in [0.1, 0.15) is 51.9 Å². The molecule has 0 aromatic carbocycles. The monoisotopic (exact) mass is 213 g/mol. The molecule has 0 rings (SSSR count). The molecule has 0 aliphatic heterocycles. The van der Waals surface area contributed by atoms with E-state index in [1.165, 1.54) is 19.3 Å². The molecule has 0 bridgehead atoms. The van der Waals surface area contributed by atoms with Gasteiger partial charge in [-0.3, -0.25) is 0 Å². The summed E-state index contributed by atoms with van der Waals surface area (Å²) in [5, 5.41) is 0. The quantitative estimate of drug-likeness (QED) is 0.422. The van der Waals surface area contributed by atoms with Crippen molar-refractivity contribution in [2.45, 2.75) is 57.9 Å². The van der Waals surface area contributed by atoms with Crippen molar-refractivity contribution in [1.29, 1.82) is 0 Å². The highest BCUT2D eigenvalue weighted by atomic mass is 16.5. The van der Waals surface area contributed by atoms with Crippen molar-refractivity contribution in [1.82, 2.24) is 0 Å². The van der Waals surface area contributed by atoms with Gasteiger partial charge < -0.3 is 10.5 Å². The van der Waals surface area contributed by atoms with Gasteiger partial charge in [0.05, 0.1) is 0 Å². The Kier molecular flexibility index (Phi) is 11.5. The summed E-state index contributed by atoms with van der Waals surface area (Å²) in [6.45, 7) is 7.42. The van der Waals surface area contributed by atoms with Crippen LogP contribution in [0, 0.1) is 0 Å². The number of nitrogens with two attached hydrogens (primary N) is 1. The van der Waals surface area contributed by atoms with Gasteiger partial charge in [-0.15, -0.1) is 6.58 Å². The Bertz CT molecular complexity index is 136. The van der Waals surface area contributed by atoms with Crippen LogP contribution in [0.3, 0.4) is 0 Å². The van der Waals surface area contributed by atoms with E-state index in [4.69, 9.17) is 10.5 Å². The Hall–Kier alpha value is -0.340. The van der Waals surface area contributed by atoms with Crippen molar-refractivity contribution in [2.24, 2.45) is 5.73 Å². The summed E-state index contributed by atoms with van der Waals surface area (Å²) in [5.41, 5.74) is 5.99. The van der Waals surface area contributed by atoms with Crippen LogP contribution in [0.5, 0.6) is 0 Å². The van der Waals surface area contributed by atoms with E-state index in [1.54, 1.807) is 0 Å². The Labute approximate surface area is 94.9 Å². The summed E-state index contributed by atoms with van der Waals surface area (Å²) in [6.07, 6.45) is 10.3. The standard InChI is InChI=1S/C13H27NO/c1-3-5-6-7-8-10-13(14)11-9-12-15-4-2/h3,13H,1,4-12,14H2,2H3. The smallest absolute Gasteiger partial charge is 0.0466 e. The van der Waals surface area contributed by atoms with Gasteiger partial charge in [-0.2, -0.15) is 0 Å². The topological polar surface area (TPSA) is 35.2 Å². The normalized spacial score (nSPS) is 12.7. The molecule has 1 atom stereocenters. The first-order valence-corrected chi connectivity index (χ1v) is 6.25. The number of hydrogen-bond acceptors (Lipinski definition) is 2. The molecule has 0 radical (unpaired) electrons. The third-order valence-corrected chi connectivity index (χ3v) is 2.55. The molecule has 0 aromatic heterocycles. The van der Waals surface area contributed by atoms with Crippen LogP contribution in [0.4, 0.5) is 0 Å². The van der Waals surface area contributed by atoms with E-state index in [2.05, 4.69) is 6.58 Å². The van der Waals surface area contributed by atoms with E-state index in [9.17, 15) is 0 Å². The van der Waals surface area contributed by atoms with Gasteiger partial charge in [0.15, 0.2) is 0 Å². The lowest BCUT2D eigenvalue weighted by Crippen LogP contribution is -2.20. The average molecular weight is 213 g/mol. The van der Waals surface area contributed by atoms with Crippen LogP contribution in [0.2, 0.25) is 0 Å². The van der Waals surface area contributed by atoms with Crippen molar-refractivity contribution < 1.29 is 4.74 Å². The molecule has 2 heteroatoms. The molecule has 0 fully saturated rings. The molecule has 0 saturated heterocycles. The molecule has 0 spiro atoms. The lowest BCUT2D eigenvalue weighted by molar-refractivity contribution is 0.141. The Morgan fingerprint density at radius 3 is 2.60 bits per heavy atom. The van der Waals surface area contributed by atoms with Gasteiger partial charge in [0.1, 0.15) is 0 Å². The zero-order valence-corrected chi connectivity index (χ0v) is 10.2. The molecule has 90 valence electrons. The summed E-state index contributed by atoms with van der Waals surface area (Å²) < 4.78 is 5.27. The van der Waals surface area contributed by atoms with Crippen molar-refractivity contribution in [3.8, 4) is 0 Å². The summed E-state index contributed by atoms with van der Waals surface area (Å²) in [6, 6.07) is 0.370. The number of ether oxygens (including phenoxy) is 1. The van der Waals surface area contributed by atoms with Gasteiger partial charge in [-0.25, -0.2) is 0 Å². The fourth-order valence-electron chi connectivity index (χ4n) is 1.61. The van der Waals surface area contributed by atoms with E-state index in [1.807, 2.05) is 13.0 Å². The number of unbranched alkanes of at least 4 members (excludes halogenated alkanes) is 3. The maximum Gasteiger partial charge on any atom is 0.0466 e. The number of allylic oxidation sites excluding steroid dienone is 1. The predicted molar refractivity (Wildman–Crippen MR) is 67.0 cm³/mol. The highest BCUT2D eigenvalue weighted by Gasteiger charge is 2.01. The fourth-order valence-corrected chi connectivity index (χ4v) is 1.61.